The van der Waals surface area contributed by atoms with Crippen molar-refractivity contribution in [3.63, 3.8) is 0 Å². The Morgan fingerprint density at radius 3 is 1.68 bits per heavy atom. The monoisotopic (exact) mass is 964 g/mol. The normalized spacial score (nSPS) is 17.8. The minimum absolute atomic E-state index is 0.0737. The number of carboxylic acid groups (broad SMARTS) is 1. The van der Waals surface area contributed by atoms with Crippen LogP contribution in [0, 0.1) is 11.8 Å². The molecule has 1 saturated carbocycles. The third-order valence-corrected chi connectivity index (χ3v) is 11.3. The number of amides is 7. The molecule has 1 heterocycles. The summed E-state index contributed by atoms with van der Waals surface area (Å²) >= 11 is 0. The highest BCUT2D eigenvalue weighted by atomic mass is 16.6. The highest BCUT2D eigenvalue weighted by Gasteiger charge is 2.42. The number of nitrogens with zero attached hydrogens (tertiary/aromatic N) is 1. The number of aliphatic carboxylic acids is 1. The third-order valence-electron chi connectivity index (χ3n) is 11.3. The summed E-state index contributed by atoms with van der Waals surface area (Å²) < 4.78 is 10.8. The lowest BCUT2D eigenvalue weighted by atomic mass is 9.82. The van der Waals surface area contributed by atoms with Gasteiger partial charge < -0.3 is 51.4 Å². The van der Waals surface area contributed by atoms with E-state index in [4.69, 9.17) is 14.6 Å². The van der Waals surface area contributed by atoms with E-state index in [0.29, 0.717) is 32.1 Å². The second-order valence-corrected chi connectivity index (χ2v) is 20.0. The molecule has 68 heavy (non-hydrogen) atoms. The Morgan fingerprint density at radius 1 is 0.647 bits per heavy atom. The molecule has 21 heteroatoms. The van der Waals surface area contributed by atoms with Crippen LogP contribution in [0.25, 0.3) is 0 Å². The number of carbonyl (C=O) groups is 11. The quantitative estimate of drug-likeness (QED) is 0.0537. The zero-order valence-electron chi connectivity index (χ0n) is 41.6. The Labute approximate surface area is 399 Å². The van der Waals surface area contributed by atoms with Gasteiger partial charge in [-0.15, -0.1) is 0 Å². The summed E-state index contributed by atoms with van der Waals surface area (Å²) in [6, 6.07) is -7.49. The van der Waals surface area contributed by atoms with Crippen LogP contribution in [0.1, 0.15) is 159 Å². The van der Waals surface area contributed by atoms with Crippen LogP contribution in [0.5, 0.6) is 0 Å². The number of carbonyl (C=O) groups excluding carboxylic acids is 10. The summed E-state index contributed by atoms with van der Waals surface area (Å²) in [4.78, 5) is 147. The van der Waals surface area contributed by atoms with Crippen molar-refractivity contribution in [1.29, 1.82) is 0 Å². The average molecular weight is 964 g/mol. The summed E-state index contributed by atoms with van der Waals surface area (Å²) in [7, 11) is 0. The Hall–Kier alpha value is -5.63. The molecule has 0 bridgehead atoms. The first-order valence-electron chi connectivity index (χ1n) is 23.9. The van der Waals surface area contributed by atoms with Gasteiger partial charge in [-0.1, -0.05) is 46.5 Å². The van der Waals surface area contributed by atoms with Crippen molar-refractivity contribution in [1.82, 2.24) is 36.8 Å². The van der Waals surface area contributed by atoms with Crippen molar-refractivity contribution >= 4 is 65.0 Å². The number of hydrogen-bond acceptors (Lipinski definition) is 13. The highest BCUT2D eigenvalue weighted by Crippen LogP contribution is 2.30. The summed E-state index contributed by atoms with van der Waals surface area (Å²) in [6.45, 7) is 15.6. The number of piperidine rings is 1. The van der Waals surface area contributed by atoms with Crippen LogP contribution in [0.2, 0.25) is 0 Å². The fourth-order valence-electron chi connectivity index (χ4n) is 8.12. The van der Waals surface area contributed by atoms with Gasteiger partial charge in [0.25, 0.3) is 5.91 Å². The van der Waals surface area contributed by atoms with Crippen LogP contribution in [0.4, 0.5) is 0 Å². The molecule has 0 aromatic carbocycles. The van der Waals surface area contributed by atoms with Crippen LogP contribution < -0.4 is 31.9 Å². The van der Waals surface area contributed by atoms with Gasteiger partial charge >= 0.3 is 17.9 Å². The van der Waals surface area contributed by atoms with E-state index in [1.165, 1.54) is 11.8 Å². The fourth-order valence-corrected chi connectivity index (χ4v) is 8.12. The smallest absolute Gasteiger partial charge is 0.322 e. The largest absolute Gasteiger partial charge is 0.480 e. The van der Waals surface area contributed by atoms with Crippen LogP contribution in [-0.2, 0) is 62.2 Å². The summed E-state index contributed by atoms with van der Waals surface area (Å²) in [6.07, 6.45) is 4.40. The van der Waals surface area contributed by atoms with E-state index in [9.17, 15) is 52.7 Å². The first kappa shape index (κ1) is 58.5. The first-order valence-corrected chi connectivity index (χ1v) is 23.9. The number of ketones is 1. The molecule has 6 atom stereocenters. The molecule has 21 nitrogen and oxygen atoms in total. The maximum absolute atomic E-state index is 14.8. The van der Waals surface area contributed by atoms with Gasteiger partial charge in [0.1, 0.15) is 48.0 Å². The van der Waals surface area contributed by atoms with Gasteiger partial charge in [0.05, 0.1) is 6.04 Å². The van der Waals surface area contributed by atoms with E-state index < -0.39 is 125 Å². The van der Waals surface area contributed by atoms with Crippen molar-refractivity contribution in [3.8, 4) is 0 Å². The Kier molecular flexibility index (Phi) is 23.6. The Balaban J connectivity index is 2.44. The van der Waals surface area contributed by atoms with E-state index >= 15 is 0 Å². The number of likely N-dealkylation sites (tertiary alicyclic amines) is 1. The number of nitrogens with one attached hydrogen (secondary N) is 6. The molecular weight excluding hydrogens is 887 g/mol. The molecule has 7 N–H and O–H groups in total. The van der Waals surface area contributed by atoms with E-state index in [1.54, 1.807) is 62.3 Å². The predicted octanol–water partition coefficient (Wildman–Crippen LogP) is 1.86. The van der Waals surface area contributed by atoms with Crippen molar-refractivity contribution in [3.05, 3.63) is 0 Å². The molecule has 0 aromatic rings. The standard InChI is InChI=1S/C47H77N7O14/c1-11-17-30(39(60)44(65)48-26-34(56)57)50-42(63)33-20-15-16-25-54(33)45(66)38(29-18-13-12-14-19-29)53-43(64)37(27(2)3)52-41(62)32(22-24-36(59)68-47(8,9)10)51-40(61)31(49-28(4)55)21-23-35(58)67-46(5,6)7/h27,29-33,37-38H,11-26H2,1-10H3,(H,48,65)(H,49,55)(H,50,63)(H,51,61)(H,52,62)(H,53,64)(H,56,57). The molecule has 0 spiro atoms. The number of rotatable bonds is 24. The zero-order chi connectivity index (χ0) is 51.5. The van der Waals surface area contributed by atoms with Crippen molar-refractivity contribution < 1.29 is 67.3 Å². The van der Waals surface area contributed by atoms with E-state index in [0.717, 1.165) is 19.3 Å². The average Bonchev–Trinajstić information content (AvgIpc) is 3.24. The van der Waals surface area contributed by atoms with Gasteiger partial charge in [0, 0.05) is 26.3 Å². The third kappa shape index (κ3) is 20.7. The van der Waals surface area contributed by atoms with Gasteiger partial charge in [-0.2, -0.15) is 0 Å². The minimum Gasteiger partial charge on any atom is -0.480 e. The van der Waals surface area contributed by atoms with Crippen LogP contribution in [0.15, 0.2) is 0 Å². The van der Waals surface area contributed by atoms with Crippen LogP contribution in [0.3, 0.4) is 0 Å². The van der Waals surface area contributed by atoms with Crippen molar-refractivity contribution in [2.24, 2.45) is 11.8 Å². The second-order valence-electron chi connectivity index (χ2n) is 20.0. The molecule has 0 aromatic heterocycles. The van der Waals surface area contributed by atoms with Crippen LogP contribution in [-0.4, -0.2) is 136 Å². The first-order chi connectivity index (χ1) is 31.6. The molecule has 7 amide bonds. The van der Waals surface area contributed by atoms with Crippen molar-refractivity contribution in [2.75, 3.05) is 13.1 Å². The Bertz CT molecular complexity index is 1820. The number of hydrogen-bond donors (Lipinski definition) is 7. The molecule has 1 aliphatic heterocycles. The van der Waals surface area contributed by atoms with Gasteiger partial charge in [0.15, 0.2) is 0 Å². The second kappa shape index (κ2) is 27.4. The molecule has 2 rings (SSSR count). The number of carboxylic acids is 1. The lowest BCUT2D eigenvalue weighted by Gasteiger charge is -2.40. The SMILES string of the molecule is CCCC(NC(=O)C1CCCCN1C(=O)C(NC(=O)C(NC(=O)C(CCC(=O)OC(C)(C)C)NC(=O)C(CCC(=O)OC(C)(C)C)NC(C)=O)C(C)C)C1CCCCC1)C(=O)C(=O)NCC(=O)O. The molecule has 1 aliphatic carbocycles. The predicted molar refractivity (Wildman–Crippen MR) is 247 cm³/mol. The summed E-state index contributed by atoms with van der Waals surface area (Å²) in [5, 5.41) is 24.3. The number of ether oxygens (including phenoxy) is 2. The summed E-state index contributed by atoms with van der Waals surface area (Å²) in [5.74, 6) is -9.98. The maximum atomic E-state index is 14.8. The molecule has 1 saturated heterocycles. The molecular formula is C47H77N7O14. The molecule has 2 aliphatic rings. The minimum atomic E-state index is -1.45. The zero-order valence-corrected chi connectivity index (χ0v) is 41.6. The molecule has 384 valence electrons. The maximum Gasteiger partial charge on any atom is 0.322 e. The number of esters is 2. The van der Waals surface area contributed by atoms with Crippen LogP contribution >= 0.6 is 0 Å². The van der Waals surface area contributed by atoms with Gasteiger partial charge in [-0.05, 0) is 105 Å². The van der Waals surface area contributed by atoms with E-state index in [-0.39, 0.29) is 51.0 Å². The van der Waals surface area contributed by atoms with Gasteiger partial charge in [-0.3, -0.25) is 52.7 Å². The highest BCUT2D eigenvalue weighted by molar-refractivity contribution is 6.38. The van der Waals surface area contributed by atoms with E-state index in [1.807, 2.05) is 5.32 Å². The van der Waals surface area contributed by atoms with Gasteiger partial charge in [-0.25, -0.2) is 0 Å². The molecule has 6 unspecified atom stereocenters. The van der Waals surface area contributed by atoms with E-state index in [2.05, 4.69) is 26.6 Å². The fraction of sp³-hybridized carbons (Fsp3) is 0.766. The Morgan fingerprint density at radius 2 is 1.18 bits per heavy atom. The number of Topliss-reactive ketones (excluding diaryl/α,β-unsaturated/α-hetero) is 1. The molecule has 2 fully saturated rings. The van der Waals surface area contributed by atoms with Gasteiger partial charge in [0.2, 0.25) is 41.2 Å². The topological polar surface area (TPSA) is 302 Å². The lowest BCUT2D eigenvalue weighted by Crippen LogP contribution is -2.63. The molecule has 0 radical (unpaired) electrons. The summed E-state index contributed by atoms with van der Waals surface area (Å²) in [5.41, 5.74) is -1.67. The lowest BCUT2D eigenvalue weighted by molar-refractivity contribution is -0.156. The van der Waals surface area contributed by atoms with Crippen molar-refractivity contribution in [2.45, 2.75) is 207 Å².